The van der Waals surface area contributed by atoms with Gasteiger partial charge in [0.25, 0.3) is 5.91 Å². The molecule has 0 unspecified atom stereocenters. The Kier molecular flexibility index (Phi) is 6.77. The van der Waals surface area contributed by atoms with Crippen molar-refractivity contribution in [3.8, 4) is 5.69 Å². The standard InChI is InChI=1S/C31H34N2O3/c1-9-36-31(35)28-24(8)33(26-14-13-18(2)21(5)15-26)30(34)27(28)17-25-16-22(6)32(23(25)7)29-19(3)11-10-12-20(29)4/h10-17H,9H2,1-8H3/b27-17-. The molecular formula is C31H34N2O3. The predicted molar refractivity (Wildman–Crippen MR) is 145 cm³/mol. The molecule has 2 aromatic carbocycles. The Morgan fingerprint density at radius 2 is 1.56 bits per heavy atom. The second kappa shape index (κ2) is 9.65. The van der Waals surface area contributed by atoms with Gasteiger partial charge < -0.3 is 9.30 Å². The quantitative estimate of drug-likeness (QED) is 0.304. The van der Waals surface area contributed by atoms with Crippen LogP contribution in [0.25, 0.3) is 11.8 Å². The van der Waals surface area contributed by atoms with Gasteiger partial charge in [0.1, 0.15) is 0 Å². The van der Waals surface area contributed by atoms with Gasteiger partial charge in [0.2, 0.25) is 0 Å². The molecule has 1 aliphatic heterocycles. The molecule has 0 spiro atoms. The number of hydrogen-bond acceptors (Lipinski definition) is 3. The molecule has 4 rings (SSSR count). The fourth-order valence-corrected chi connectivity index (χ4v) is 5.05. The van der Waals surface area contributed by atoms with Crippen LogP contribution < -0.4 is 4.90 Å². The van der Waals surface area contributed by atoms with Crippen molar-refractivity contribution in [2.24, 2.45) is 0 Å². The number of carbonyl (C=O) groups excluding carboxylic acids is 2. The summed E-state index contributed by atoms with van der Waals surface area (Å²) in [6, 6.07) is 14.2. The highest BCUT2D eigenvalue weighted by Gasteiger charge is 2.38. The van der Waals surface area contributed by atoms with E-state index in [-0.39, 0.29) is 12.5 Å². The number of aryl methyl sites for hydroxylation is 5. The summed E-state index contributed by atoms with van der Waals surface area (Å²) < 4.78 is 7.60. The average Bonchev–Trinajstić information content (AvgIpc) is 3.22. The predicted octanol–water partition coefficient (Wildman–Crippen LogP) is 6.60. The first-order valence-corrected chi connectivity index (χ1v) is 12.3. The number of amides is 1. The van der Waals surface area contributed by atoms with E-state index in [0.29, 0.717) is 16.8 Å². The van der Waals surface area contributed by atoms with Crippen molar-refractivity contribution in [2.75, 3.05) is 11.5 Å². The molecule has 0 radical (unpaired) electrons. The molecule has 1 aliphatic rings. The summed E-state index contributed by atoms with van der Waals surface area (Å²) in [6.45, 7) is 16.2. The maximum absolute atomic E-state index is 13.8. The number of rotatable bonds is 5. The van der Waals surface area contributed by atoms with Crippen molar-refractivity contribution in [3.05, 3.63) is 98.5 Å². The van der Waals surface area contributed by atoms with Gasteiger partial charge in [-0.3, -0.25) is 9.69 Å². The highest BCUT2D eigenvalue weighted by molar-refractivity contribution is 6.24. The van der Waals surface area contributed by atoms with E-state index < -0.39 is 5.97 Å². The molecule has 1 aromatic heterocycles. The van der Waals surface area contributed by atoms with Gasteiger partial charge in [-0.2, -0.15) is 0 Å². The van der Waals surface area contributed by atoms with Crippen molar-refractivity contribution in [1.29, 1.82) is 0 Å². The summed E-state index contributed by atoms with van der Waals surface area (Å²) in [5, 5.41) is 0. The number of hydrogen-bond donors (Lipinski definition) is 0. The third kappa shape index (κ3) is 4.19. The topological polar surface area (TPSA) is 51.5 Å². The number of ether oxygens (including phenoxy) is 1. The average molecular weight is 483 g/mol. The first-order valence-electron chi connectivity index (χ1n) is 12.3. The highest BCUT2D eigenvalue weighted by atomic mass is 16.5. The molecular weight excluding hydrogens is 448 g/mol. The van der Waals surface area contributed by atoms with E-state index in [2.05, 4.69) is 49.6 Å². The lowest BCUT2D eigenvalue weighted by molar-refractivity contribution is -0.138. The van der Waals surface area contributed by atoms with Crippen LogP contribution in [-0.4, -0.2) is 23.1 Å². The van der Waals surface area contributed by atoms with Crippen LogP contribution in [0.1, 0.15) is 53.1 Å². The van der Waals surface area contributed by atoms with Crippen LogP contribution in [0.4, 0.5) is 5.69 Å². The molecule has 0 N–H and O–H groups in total. The zero-order valence-electron chi connectivity index (χ0n) is 22.4. The Bertz CT molecular complexity index is 1430. The molecule has 3 aromatic rings. The Labute approximate surface area is 213 Å². The Morgan fingerprint density at radius 3 is 2.17 bits per heavy atom. The van der Waals surface area contributed by atoms with Crippen molar-refractivity contribution in [1.82, 2.24) is 4.57 Å². The fraction of sp³-hybridized carbons (Fsp3) is 0.290. The van der Waals surface area contributed by atoms with Gasteiger partial charge >= 0.3 is 5.97 Å². The molecule has 0 aliphatic carbocycles. The molecule has 0 saturated heterocycles. The van der Waals surface area contributed by atoms with Crippen molar-refractivity contribution >= 4 is 23.6 Å². The molecule has 5 nitrogen and oxygen atoms in total. The minimum Gasteiger partial charge on any atom is -0.462 e. The van der Waals surface area contributed by atoms with Crippen molar-refractivity contribution in [3.63, 3.8) is 0 Å². The maximum atomic E-state index is 13.8. The van der Waals surface area contributed by atoms with E-state index >= 15 is 0 Å². The SMILES string of the molecule is CCOC(=O)C1=C(C)N(c2ccc(C)c(C)c2)C(=O)/C1=C\c1cc(C)n(-c2c(C)cccc2C)c1C. The second-order valence-electron chi connectivity index (χ2n) is 9.55. The number of benzene rings is 2. The minimum atomic E-state index is -0.482. The monoisotopic (exact) mass is 482 g/mol. The van der Waals surface area contributed by atoms with Crippen LogP contribution in [0.15, 0.2) is 59.3 Å². The van der Waals surface area contributed by atoms with E-state index in [1.807, 2.05) is 45.0 Å². The largest absolute Gasteiger partial charge is 0.462 e. The molecule has 5 heteroatoms. The van der Waals surface area contributed by atoms with E-state index in [0.717, 1.165) is 39.5 Å². The summed E-state index contributed by atoms with van der Waals surface area (Å²) in [5.41, 5.74) is 10.7. The van der Waals surface area contributed by atoms with Crippen LogP contribution in [0.3, 0.4) is 0 Å². The Morgan fingerprint density at radius 1 is 0.889 bits per heavy atom. The number of para-hydroxylation sites is 1. The van der Waals surface area contributed by atoms with Gasteiger partial charge in [0, 0.05) is 22.8 Å². The highest BCUT2D eigenvalue weighted by Crippen LogP contribution is 2.37. The van der Waals surface area contributed by atoms with Gasteiger partial charge in [-0.25, -0.2) is 4.79 Å². The molecule has 1 amide bonds. The summed E-state index contributed by atoms with van der Waals surface area (Å²) >= 11 is 0. The molecule has 186 valence electrons. The number of anilines is 1. The van der Waals surface area contributed by atoms with Gasteiger partial charge in [0.05, 0.1) is 23.4 Å². The molecule has 0 fully saturated rings. The lowest BCUT2D eigenvalue weighted by Crippen LogP contribution is -2.24. The summed E-state index contributed by atoms with van der Waals surface area (Å²) in [7, 11) is 0. The first-order chi connectivity index (χ1) is 17.1. The third-order valence-electron chi connectivity index (χ3n) is 7.06. The van der Waals surface area contributed by atoms with Crippen molar-refractivity contribution in [2.45, 2.75) is 55.4 Å². The number of allylic oxidation sites excluding steroid dienone is 1. The molecule has 0 bridgehead atoms. The van der Waals surface area contributed by atoms with Gasteiger partial charge in [0.15, 0.2) is 0 Å². The number of carbonyl (C=O) groups is 2. The van der Waals surface area contributed by atoms with Crippen LogP contribution in [-0.2, 0) is 14.3 Å². The number of nitrogens with zero attached hydrogens (tertiary/aromatic N) is 2. The molecule has 0 saturated carbocycles. The smallest absolute Gasteiger partial charge is 0.340 e. The first kappa shape index (κ1) is 25.2. The third-order valence-corrected chi connectivity index (χ3v) is 7.06. The van der Waals surface area contributed by atoms with E-state index in [1.165, 1.54) is 11.1 Å². The number of esters is 1. The van der Waals surface area contributed by atoms with E-state index in [1.54, 1.807) is 18.7 Å². The Balaban J connectivity index is 1.89. The molecule has 2 heterocycles. The van der Waals surface area contributed by atoms with Crippen LogP contribution in [0.5, 0.6) is 0 Å². The van der Waals surface area contributed by atoms with Gasteiger partial charge in [-0.15, -0.1) is 0 Å². The zero-order valence-corrected chi connectivity index (χ0v) is 22.4. The fourth-order valence-electron chi connectivity index (χ4n) is 5.05. The summed E-state index contributed by atoms with van der Waals surface area (Å²) in [5.74, 6) is -0.708. The Hall–Kier alpha value is -3.86. The normalized spacial score (nSPS) is 14.8. The summed E-state index contributed by atoms with van der Waals surface area (Å²) in [6.07, 6.45) is 1.84. The van der Waals surface area contributed by atoms with E-state index in [4.69, 9.17) is 4.74 Å². The van der Waals surface area contributed by atoms with Gasteiger partial charge in [-0.1, -0.05) is 24.3 Å². The van der Waals surface area contributed by atoms with Crippen molar-refractivity contribution < 1.29 is 14.3 Å². The van der Waals surface area contributed by atoms with Gasteiger partial charge in [-0.05, 0) is 107 Å². The maximum Gasteiger partial charge on any atom is 0.340 e. The lowest BCUT2D eigenvalue weighted by Gasteiger charge is -2.19. The second-order valence-corrected chi connectivity index (χ2v) is 9.55. The van der Waals surface area contributed by atoms with E-state index in [9.17, 15) is 9.59 Å². The molecule has 0 atom stereocenters. The van der Waals surface area contributed by atoms with Crippen LogP contribution in [0, 0.1) is 41.5 Å². The van der Waals surface area contributed by atoms with Crippen LogP contribution in [0.2, 0.25) is 0 Å². The lowest BCUT2D eigenvalue weighted by atomic mass is 10.0. The van der Waals surface area contributed by atoms with Crippen LogP contribution >= 0.6 is 0 Å². The molecule has 36 heavy (non-hydrogen) atoms. The zero-order chi connectivity index (χ0) is 26.3. The number of aromatic nitrogens is 1. The summed E-state index contributed by atoms with van der Waals surface area (Å²) in [4.78, 5) is 28.5. The minimum absolute atomic E-state index is 0.226.